The second kappa shape index (κ2) is 5.56. The average molecular weight is 293 g/mol. The fourth-order valence-electron chi connectivity index (χ4n) is 3.47. The van der Waals surface area contributed by atoms with E-state index in [0.717, 1.165) is 25.8 Å². The SMILES string of the molecule is O=C(O)[C@@H]1CC[C@H](C(=O)N2CCCC2c2cccs2)C1. The Hall–Kier alpha value is -1.36. The normalized spacial score (nSPS) is 29.8. The third-order valence-corrected chi connectivity index (χ3v) is 5.51. The van der Waals surface area contributed by atoms with E-state index in [1.165, 1.54) is 4.88 Å². The first-order chi connectivity index (χ1) is 9.66. The summed E-state index contributed by atoms with van der Waals surface area (Å²) < 4.78 is 0. The van der Waals surface area contributed by atoms with E-state index in [1.54, 1.807) is 11.3 Å². The maximum Gasteiger partial charge on any atom is 0.306 e. The second-order valence-corrected chi connectivity index (χ2v) is 6.73. The van der Waals surface area contributed by atoms with Gasteiger partial charge in [0.15, 0.2) is 0 Å². The van der Waals surface area contributed by atoms with Crippen molar-refractivity contribution in [2.24, 2.45) is 11.8 Å². The monoisotopic (exact) mass is 293 g/mol. The van der Waals surface area contributed by atoms with E-state index in [-0.39, 0.29) is 23.8 Å². The smallest absolute Gasteiger partial charge is 0.306 e. The first-order valence-corrected chi connectivity index (χ1v) is 8.11. The topological polar surface area (TPSA) is 57.6 Å². The zero-order chi connectivity index (χ0) is 14.1. The molecule has 0 spiro atoms. The van der Waals surface area contributed by atoms with Crippen molar-refractivity contribution in [2.75, 3.05) is 6.54 Å². The summed E-state index contributed by atoms with van der Waals surface area (Å²) in [5, 5.41) is 11.1. The van der Waals surface area contributed by atoms with Crippen molar-refractivity contribution >= 4 is 23.2 Å². The van der Waals surface area contributed by atoms with Gasteiger partial charge in [-0.25, -0.2) is 0 Å². The third kappa shape index (κ3) is 2.46. The molecule has 1 aliphatic heterocycles. The van der Waals surface area contributed by atoms with Crippen LogP contribution in [0.25, 0.3) is 0 Å². The molecule has 1 amide bonds. The van der Waals surface area contributed by atoms with E-state index in [2.05, 4.69) is 6.07 Å². The number of thiophene rings is 1. The Balaban J connectivity index is 1.69. The highest BCUT2D eigenvalue weighted by Crippen LogP contribution is 2.39. The van der Waals surface area contributed by atoms with Gasteiger partial charge < -0.3 is 10.0 Å². The lowest BCUT2D eigenvalue weighted by molar-refractivity contribution is -0.141. The molecule has 1 aliphatic carbocycles. The molecular weight excluding hydrogens is 274 g/mol. The van der Waals surface area contributed by atoms with Crippen LogP contribution in [0.3, 0.4) is 0 Å². The summed E-state index contributed by atoms with van der Waals surface area (Å²) in [5.41, 5.74) is 0. The molecule has 3 rings (SSSR count). The zero-order valence-corrected chi connectivity index (χ0v) is 12.1. The van der Waals surface area contributed by atoms with Gasteiger partial charge in [-0.1, -0.05) is 6.07 Å². The summed E-state index contributed by atoms with van der Waals surface area (Å²) in [6, 6.07) is 4.33. The van der Waals surface area contributed by atoms with Crippen LogP contribution in [0.2, 0.25) is 0 Å². The molecule has 2 heterocycles. The molecular formula is C15H19NO3S. The van der Waals surface area contributed by atoms with Crippen LogP contribution in [0.15, 0.2) is 17.5 Å². The van der Waals surface area contributed by atoms with Crippen LogP contribution in [0.1, 0.15) is 43.0 Å². The lowest BCUT2D eigenvalue weighted by Gasteiger charge is -2.26. The maximum absolute atomic E-state index is 12.7. The molecule has 1 N–H and O–H groups in total. The standard InChI is InChI=1S/C15H19NO3S/c17-14(10-5-6-11(9-10)15(18)19)16-7-1-3-12(16)13-4-2-8-20-13/h2,4,8,10-12H,1,3,5-7,9H2,(H,18,19)/t10-,11+,12?/m0/s1. The van der Waals surface area contributed by atoms with Crippen LogP contribution < -0.4 is 0 Å². The molecule has 2 aliphatic rings. The highest BCUT2D eigenvalue weighted by molar-refractivity contribution is 7.10. The molecule has 108 valence electrons. The third-order valence-electron chi connectivity index (χ3n) is 4.54. The van der Waals surface area contributed by atoms with Crippen molar-refractivity contribution in [1.29, 1.82) is 0 Å². The molecule has 4 nitrogen and oxygen atoms in total. The van der Waals surface area contributed by atoms with Gasteiger partial charge in [-0.2, -0.15) is 0 Å². The van der Waals surface area contributed by atoms with Crippen LogP contribution in [0.4, 0.5) is 0 Å². The van der Waals surface area contributed by atoms with Gasteiger partial charge in [-0.05, 0) is 43.6 Å². The maximum atomic E-state index is 12.7. The number of amides is 1. The Morgan fingerprint density at radius 2 is 2.05 bits per heavy atom. The lowest BCUT2D eigenvalue weighted by atomic mass is 10.0. The van der Waals surface area contributed by atoms with Gasteiger partial charge in [0.05, 0.1) is 12.0 Å². The van der Waals surface area contributed by atoms with Crippen LogP contribution in [0, 0.1) is 11.8 Å². The number of aliphatic carboxylic acids is 1. The van der Waals surface area contributed by atoms with Crippen LogP contribution >= 0.6 is 11.3 Å². The number of carbonyl (C=O) groups is 2. The summed E-state index contributed by atoms with van der Waals surface area (Å²) in [7, 11) is 0. The predicted molar refractivity (Wildman–Crippen MR) is 76.5 cm³/mol. The molecule has 1 unspecified atom stereocenters. The number of likely N-dealkylation sites (tertiary alicyclic amines) is 1. The highest BCUT2D eigenvalue weighted by Gasteiger charge is 2.39. The van der Waals surface area contributed by atoms with Gasteiger partial charge >= 0.3 is 5.97 Å². The van der Waals surface area contributed by atoms with Crippen molar-refractivity contribution in [2.45, 2.75) is 38.1 Å². The van der Waals surface area contributed by atoms with Gasteiger partial charge in [-0.15, -0.1) is 11.3 Å². The molecule has 0 aromatic carbocycles. The number of hydrogen-bond donors (Lipinski definition) is 1. The Kier molecular flexibility index (Phi) is 3.78. The molecule has 3 atom stereocenters. The minimum atomic E-state index is -0.753. The molecule has 1 saturated heterocycles. The summed E-state index contributed by atoms with van der Waals surface area (Å²) in [4.78, 5) is 26.9. The Bertz CT molecular complexity index is 499. The fraction of sp³-hybridized carbons (Fsp3) is 0.600. The first-order valence-electron chi connectivity index (χ1n) is 7.23. The molecule has 20 heavy (non-hydrogen) atoms. The number of rotatable bonds is 3. The van der Waals surface area contributed by atoms with Gasteiger partial charge in [0.1, 0.15) is 0 Å². The van der Waals surface area contributed by atoms with Gasteiger partial charge in [-0.3, -0.25) is 9.59 Å². The summed E-state index contributed by atoms with van der Waals surface area (Å²) >= 11 is 1.70. The van der Waals surface area contributed by atoms with Gasteiger partial charge in [0.2, 0.25) is 5.91 Å². The summed E-state index contributed by atoms with van der Waals surface area (Å²) in [6.45, 7) is 0.815. The number of carbonyl (C=O) groups excluding carboxylic acids is 1. The molecule has 1 aromatic rings. The van der Waals surface area contributed by atoms with Crippen molar-refractivity contribution in [3.63, 3.8) is 0 Å². The van der Waals surface area contributed by atoms with Crippen molar-refractivity contribution in [1.82, 2.24) is 4.90 Å². The highest BCUT2D eigenvalue weighted by atomic mass is 32.1. The number of carboxylic acid groups (broad SMARTS) is 1. The van der Waals surface area contributed by atoms with E-state index < -0.39 is 5.97 Å². The first kappa shape index (κ1) is 13.6. The molecule has 0 radical (unpaired) electrons. The van der Waals surface area contributed by atoms with E-state index >= 15 is 0 Å². The summed E-state index contributed by atoms with van der Waals surface area (Å²) in [5.74, 6) is -0.996. The van der Waals surface area contributed by atoms with E-state index in [0.29, 0.717) is 12.8 Å². The van der Waals surface area contributed by atoms with Gasteiger partial charge in [0.25, 0.3) is 0 Å². The minimum absolute atomic E-state index is 0.0864. The van der Waals surface area contributed by atoms with Crippen molar-refractivity contribution in [3.8, 4) is 0 Å². The molecule has 1 saturated carbocycles. The largest absolute Gasteiger partial charge is 0.481 e. The molecule has 2 fully saturated rings. The predicted octanol–water partition coefficient (Wildman–Crippen LogP) is 2.91. The summed E-state index contributed by atoms with van der Waals surface area (Å²) in [6.07, 6.45) is 3.96. The Morgan fingerprint density at radius 3 is 2.70 bits per heavy atom. The fourth-order valence-corrected chi connectivity index (χ4v) is 4.35. The quantitative estimate of drug-likeness (QED) is 0.932. The van der Waals surface area contributed by atoms with Crippen molar-refractivity contribution in [3.05, 3.63) is 22.4 Å². The minimum Gasteiger partial charge on any atom is -0.481 e. The van der Waals surface area contributed by atoms with Crippen LogP contribution in [0.5, 0.6) is 0 Å². The number of carboxylic acids is 1. The van der Waals surface area contributed by atoms with Crippen molar-refractivity contribution < 1.29 is 14.7 Å². The molecule has 5 heteroatoms. The van der Waals surface area contributed by atoms with Crippen LogP contribution in [-0.4, -0.2) is 28.4 Å². The Morgan fingerprint density at radius 1 is 1.25 bits per heavy atom. The van der Waals surface area contributed by atoms with Crippen LogP contribution in [-0.2, 0) is 9.59 Å². The molecule has 1 aromatic heterocycles. The Labute approximate surface area is 122 Å². The van der Waals surface area contributed by atoms with E-state index in [4.69, 9.17) is 5.11 Å². The second-order valence-electron chi connectivity index (χ2n) is 5.75. The zero-order valence-electron chi connectivity index (χ0n) is 11.3. The van der Waals surface area contributed by atoms with Gasteiger partial charge in [0, 0.05) is 17.3 Å². The number of nitrogens with zero attached hydrogens (tertiary/aromatic N) is 1. The lowest BCUT2D eigenvalue weighted by Crippen LogP contribution is -2.34. The average Bonchev–Trinajstić information content (AvgIpc) is 3.17. The number of hydrogen-bond acceptors (Lipinski definition) is 3. The van der Waals surface area contributed by atoms with E-state index in [9.17, 15) is 9.59 Å². The molecule has 0 bridgehead atoms. The van der Waals surface area contributed by atoms with E-state index in [1.807, 2.05) is 16.3 Å².